The Balaban J connectivity index is 0.00000364. The van der Waals surface area contributed by atoms with Crippen molar-refractivity contribution in [1.82, 2.24) is 15.6 Å². The second-order valence-electron chi connectivity index (χ2n) is 6.85. The molecular weight excluding hydrogens is 455 g/mol. The molecule has 2 aromatic rings. The number of hydrogen-bond donors (Lipinski definition) is 2. The van der Waals surface area contributed by atoms with Crippen molar-refractivity contribution in [3.63, 3.8) is 0 Å². The van der Waals surface area contributed by atoms with Crippen LogP contribution in [0.2, 0.25) is 0 Å². The molecule has 0 aliphatic heterocycles. The number of oxazole rings is 1. The quantitative estimate of drug-likeness (QED) is 0.338. The molecule has 0 saturated carbocycles. The molecule has 0 aliphatic carbocycles. The van der Waals surface area contributed by atoms with Gasteiger partial charge in [0.1, 0.15) is 6.26 Å². The van der Waals surface area contributed by atoms with Gasteiger partial charge >= 0.3 is 0 Å². The largest absolute Gasteiger partial charge is 0.444 e. The molecule has 0 aliphatic rings. The first-order valence-electron chi connectivity index (χ1n) is 9.02. The summed E-state index contributed by atoms with van der Waals surface area (Å²) in [5.74, 6) is 1.43. The second kappa shape index (κ2) is 11.3. The highest BCUT2D eigenvalue weighted by Gasteiger charge is 2.15. The van der Waals surface area contributed by atoms with E-state index in [2.05, 4.69) is 39.7 Å². The molecule has 2 rings (SSSR count). The van der Waals surface area contributed by atoms with E-state index in [9.17, 15) is 0 Å². The SMILES string of the molecule is CCNC(=NCC(C)(C)OC)NCCc1coc(-c2ccc(C)cc2)n1.I. The van der Waals surface area contributed by atoms with Crippen LogP contribution in [0.4, 0.5) is 0 Å². The summed E-state index contributed by atoms with van der Waals surface area (Å²) in [4.78, 5) is 9.14. The minimum Gasteiger partial charge on any atom is -0.444 e. The first-order valence-corrected chi connectivity index (χ1v) is 9.02. The van der Waals surface area contributed by atoms with Gasteiger partial charge in [-0.3, -0.25) is 4.99 Å². The molecule has 0 bridgehead atoms. The highest BCUT2D eigenvalue weighted by molar-refractivity contribution is 14.0. The molecule has 0 radical (unpaired) electrons. The fourth-order valence-electron chi connectivity index (χ4n) is 2.24. The average Bonchev–Trinajstić information content (AvgIpc) is 3.09. The Hall–Kier alpha value is -1.61. The fraction of sp³-hybridized carbons (Fsp3) is 0.500. The number of hydrogen-bond acceptors (Lipinski definition) is 4. The van der Waals surface area contributed by atoms with Crippen molar-refractivity contribution in [3.8, 4) is 11.5 Å². The number of halogens is 1. The Labute approximate surface area is 179 Å². The molecule has 1 heterocycles. The zero-order valence-electron chi connectivity index (χ0n) is 16.8. The number of methoxy groups -OCH3 is 1. The van der Waals surface area contributed by atoms with Gasteiger partial charge < -0.3 is 19.8 Å². The van der Waals surface area contributed by atoms with E-state index in [-0.39, 0.29) is 29.6 Å². The Kier molecular flexibility index (Phi) is 9.79. The Morgan fingerprint density at radius 3 is 2.56 bits per heavy atom. The highest BCUT2D eigenvalue weighted by Crippen LogP contribution is 2.19. The van der Waals surface area contributed by atoms with Crippen molar-refractivity contribution in [2.24, 2.45) is 4.99 Å². The van der Waals surface area contributed by atoms with Gasteiger partial charge in [-0.2, -0.15) is 0 Å². The summed E-state index contributed by atoms with van der Waals surface area (Å²) in [5.41, 5.74) is 2.85. The van der Waals surface area contributed by atoms with Gasteiger partial charge in [-0.15, -0.1) is 24.0 Å². The fourth-order valence-corrected chi connectivity index (χ4v) is 2.24. The summed E-state index contributed by atoms with van der Waals surface area (Å²) >= 11 is 0. The normalized spacial score (nSPS) is 11.8. The Bertz CT molecular complexity index is 711. The predicted molar refractivity (Wildman–Crippen MR) is 121 cm³/mol. The third-order valence-electron chi connectivity index (χ3n) is 4.04. The summed E-state index contributed by atoms with van der Waals surface area (Å²) in [5, 5.41) is 6.57. The Morgan fingerprint density at radius 2 is 1.93 bits per heavy atom. The highest BCUT2D eigenvalue weighted by atomic mass is 127. The van der Waals surface area contributed by atoms with Gasteiger partial charge in [0, 0.05) is 32.2 Å². The number of aromatic nitrogens is 1. The molecule has 2 N–H and O–H groups in total. The first kappa shape index (κ1) is 23.4. The van der Waals surface area contributed by atoms with Gasteiger partial charge in [-0.25, -0.2) is 4.98 Å². The molecule has 0 atom stereocenters. The summed E-state index contributed by atoms with van der Waals surface area (Å²) in [6.07, 6.45) is 2.47. The van der Waals surface area contributed by atoms with E-state index < -0.39 is 0 Å². The first-order chi connectivity index (χ1) is 12.4. The van der Waals surface area contributed by atoms with Gasteiger partial charge in [-0.05, 0) is 39.8 Å². The number of nitrogens with one attached hydrogen (secondary N) is 2. The molecule has 0 saturated heterocycles. The van der Waals surface area contributed by atoms with Gasteiger partial charge in [0.2, 0.25) is 5.89 Å². The van der Waals surface area contributed by atoms with Crippen molar-refractivity contribution in [2.75, 3.05) is 26.7 Å². The molecule has 0 unspecified atom stereocenters. The zero-order chi connectivity index (χ0) is 19.0. The van der Waals surface area contributed by atoms with Crippen molar-refractivity contribution in [1.29, 1.82) is 0 Å². The maximum absolute atomic E-state index is 5.60. The van der Waals surface area contributed by atoms with Gasteiger partial charge in [0.15, 0.2) is 5.96 Å². The summed E-state index contributed by atoms with van der Waals surface area (Å²) in [7, 11) is 1.70. The third-order valence-corrected chi connectivity index (χ3v) is 4.04. The smallest absolute Gasteiger partial charge is 0.226 e. The van der Waals surface area contributed by atoms with E-state index in [1.165, 1.54) is 5.56 Å². The topological polar surface area (TPSA) is 71.7 Å². The van der Waals surface area contributed by atoms with E-state index in [1.807, 2.05) is 32.9 Å². The number of rotatable bonds is 8. The molecule has 0 spiro atoms. The van der Waals surface area contributed by atoms with Crippen LogP contribution in [0, 0.1) is 6.92 Å². The number of benzene rings is 1. The third kappa shape index (κ3) is 7.88. The van der Waals surface area contributed by atoms with Crippen LogP contribution in [0.1, 0.15) is 32.0 Å². The zero-order valence-corrected chi connectivity index (χ0v) is 19.2. The lowest BCUT2D eigenvalue weighted by molar-refractivity contribution is 0.0310. The molecule has 0 amide bonds. The van der Waals surface area contributed by atoms with Gasteiger partial charge in [0.05, 0.1) is 17.8 Å². The maximum atomic E-state index is 5.60. The lowest BCUT2D eigenvalue weighted by Gasteiger charge is -2.21. The van der Waals surface area contributed by atoms with Crippen molar-refractivity contribution in [2.45, 2.75) is 39.7 Å². The number of aliphatic imine (C=N–C) groups is 1. The molecule has 150 valence electrons. The van der Waals surface area contributed by atoms with Crippen LogP contribution in [-0.4, -0.2) is 43.3 Å². The van der Waals surface area contributed by atoms with Crippen LogP contribution in [0.15, 0.2) is 39.9 Å². The molecule has 6 nitrogen and oxygen atoms in total. The van der Waals surface area contributed by atoms with Crippen LogP contribution in [0.3, 0.4) is 0 Å². The lowest BCUT2D eigenvalue weighted by Crippen LogP contribution is -2.40. The second-order valence-corrected chi connectivity index (χ2v) is 6.85. The molecule has 0 fully saturated rings. The molecule has 7 heteroatoms. The standard InChI is InChI=1S/C20H30N4O2.HI/c1-6-21-19(23-14-20(3,4)25-5)22-12-11-17-13-26-18(24-17)16-9-7-15(2)8-10-16;/h7-10,13H,6,11-12,14H2,1-5H3,(H2,21,22,23);1H. The van der Waals surface area contributed by atoms with Crippen LogP contribution >= 0.6 is 24.0 Å². The minimum atomic E-state index is -0.280. The van der Waals surface area contributed by atoms with E-state index in [4.69, 9.17) is 9.15 Å². The van der Waals surface area contributed by atoms with Crippen LogP contribution < -0.4 is 10.6 Å². The van der Waals surface area contributed by atoms with E-state index in [0.29, 0.717) is 12.4 Å². The summed E-state index contributed by atoms with van der Waals surface area (Å²) in [6.45, 7) is 10.3. The Morgan fingerprint density at radius 1 is 1.22 bits per heavy atom. The lowest BCUT2D eigenvalue weighted by atomic mass is 10.1. The summed E-state index contributed by atoms with van der Waals surface area (Å²) < 4.78 is 11.0. The summed E-state index contributed by atoms with van der Waals surface area (Å²) in [6, 6.07) is 8.16. The van der Waals surface area contributed by atoms with E-state index in [1.54, 1.807) is 13.4 Å². The van der Waals surface area contributed by atoms with Gasteiger partial charge in [0.25, 0.3) is 0 Å². The number of nitrogens with zero attached hydrogens (tertiary/aromatic N) is 2. The average molecular weight is 486 g/mol. The molecular formula is C20H31IN4O2. The molecule has 1 aromatic heterocycles. The molecule has 1 aromatic carbocycles. The van der Waals surface area contributed by atoms with Gasteiger partial charge in [-0.1, -0.05) is 17.7 Å². The van der Waals surface area contributed by atoms with E-state index in [0.717, 1.165) is 36.7 Å². The van der Waals surface area contributed by atoms with Crippen molar-refractivity contribution < 1.29 is 9.15 Å². The molecule has 27 heavy (non-hydrogen) atoms. The number of aryl methyl sites for hydroxylation is 1. The number of ether oxygens (including phenoxy) is 1. The van der Waals surface area contributed by atoms with Crippen LogP contribution in [0.5, 0.6) is 0 Å². The van der Waals surface area contributed by atoms with Crippen LogP contribution in [-0.2, 0) is 11.2 Å². The van der Waals surface area contributed by atoms with Crippen molar-refractivity contribution >= 4 is 29.9 Å². The monoisotopic (exact) mass is 486 g/mol. The van der Waals surface area contributed by atoms with E-state index >= 15 is 0 Å². The van der Waals surface area contributed by atoms with Crippen molar-refractivity contribution in [3.05, 3.63) is 41.8 Å². The maximum Gasteiger partial charge on any atom is 0.226 e. The predicted octanol–water partition coefficient (Wildman–Crippen LogP) is 3.79. The number of guanidine groups is 1. The van der Waals surface area contributed by atoms with Crippen LogP contribution in [0.25, 0.3) is 11.5 Å². The minimum absolute atomic E-state index is 0.